The Kier molecular flexibility index (Phi) is 5.20. The first-order valence-electron chi connectivity index (χ1n) is 8.27. The largest absolute Gasteiger partial charge is 0.497 e. The predicted molar refractivity (Wildman–Crippen MR) is 102 cm³/mol. The van der Waals surface area contributed by atoms with Crippen LogP contribution in [0.1, 0.15) is 5.89 Å². The van der Waals surface area contributed by atoms with Gasteiger partial charge in [-0.1, -0.05) is 11.8 Å². The third-order valence-corrected chi connectivity index (χ3v) is 4.72. The van der Waals surface area contributed by atoms with Crippen LogP contribution < -0.4 is 9.47 Å². The summed E-state index contributed by atoms with van der Waals surface area (Å²) in [5.41, 5.74) is 2.41. The lowest BCUT2D eigenvalue weighted by Gasteiger charge is -2.04. The van der Waals surface area contributed by atoms with Gasteiger partial charge < -0.3 is 13.9 Å². The van der Waals surface area contributed by atoms with E-state index in [1.165, 1.54) is 11.8 Å². The summed E-state index contributed by atoms with van der Waals surface area (Å²) in [4.78, 5) is 8.94. The predicted octanol–water partition coefficient (Wildman–Crippen LogP) is 3.23. The fourth-order valence-electron chi connectivity index (χ4n) is 2.54. The SMILES string of the molecule is COc1ccc(-c2oc(CSc3nn[nH]n3)nc2-c2ccc(OC)nc2)cc1. The molecule has 1 aromatic carbocycles. The topological polar surface area (TPSA) is 112 Å². The highest BCUT2D eigenvalue weighted by Gasteiger charge is 2.18. The Hall–Kier alpha value is -3.40. The van der Waals surface area contributed by atoms with Crippen molar-refractivity contribution < 1.29 is 13.9 Å². The minimum Gasteiger partial charge on any atom is -0.497 e. The van der Waals surface area contributed by atoms with Crippen molar-refractivity contribution in [3.63, 3.8) is 0 Å². The van der Waals surface area contributed by atoms with E-state index < -0.39 is 0 Å². The van der Waals surface area contributed by atoms with Crippen LogP contribution in [0.15, 0.2) is 52.2 Å². The van der Waals surface area contributed by atoms with Gasteiger partial charge in [-0.25, -0.2) is 9.97 Å². The lowest BCUT2D eigenvalue weighted by atomic mass is 10.1. The van der Waals surface area contributed by atoms with Gasteiger partial charge in [0.2, 0.25) is 16.9 Å². The molecule has 0 saturated heterocycles. The standard InChI is InChI=1S/C18H16N6O3S/c1-25-13-6-3-11(4-7-13)17-16(12-5-8-14(26-2)19-9-12)20-15(27-17)10-28-18-21-23-24-22-18/h3-9H,10H2,1-2H3,(H,21,22,23,24). The van der Waals surface area contributed by atoms with Gasteiger partial charge in [-0.05, 0) is 35.5 Å². The van der Waals surface area contributed by atoms with Gasteiger partial charge in [0, 0.05) is 23.4 Å². The number of thioether (sulfide) groups is 1. The summed E-state index contributed by atoms with van der Waals surface area (Å²) >= 11 is 1.38. The summed E-state index contributed by atoms with van der Waals surface area (Å²) in [5.74, 6) is 2.96. The molecule has 0 spiro atoms. The van der Waals surface area contributed by atoms with E-state index in [4.69, 9.17) is 13.9 Å². The molecule has 4 rings (SSSR count). The monoisotopic (exact) mass is 396 g/mol. The average Bonchev–Trinajstić information content (AvgIpc) is 3.42. The second kappa shape index (κ2) is 8.09. The molecule has 4 aromatic rings. The molecule has 0 aliphatic carbocycles. The first kappa shape index (κ1) is 18.0. The maximum absolute atomic E-state index is 6.07. The van der Waals surface area contributed by atoms with Crippen LogP contribution in [0.2, 0.25) is 0 Å². The van der Waals surface area contributed by atoms with Crippen molar-refractivity contribution in [3.8, 4) is 34.2 Å². The van der Waals surface area contributed by atoms with Gasteiger partial charge in [-0.3, -0.25) is 0 Å². The number of nitrogens with zero attached hydrogens (tertiary/aromatic N) is 5. The lowest BCUT2D eigenvalue weighted by molar-refractivity contribution is 0.398. The molecular weight excluding hydrogens is 380 g/mol. The Bertz CT molecular complexity index is 967. The molecule has 0 radical (unpaired) electrons. The van der Waals surface area contributed by atoms with E-state index in [0.29, 0.717) is 34.1 Å². The van der Waals surface area contributed by atoms with Crippen molar-refractivity contribution in [3.05, 3.63) is 48.5 Å². The van der Waals surface area contributed by atoms with Crippen LogP contribution in [0.3, 0.4) is 0 Å². The highest BCUT2D eigenvalue weighted by atomic mass is 32.2. The first-order valence-corrected chi connectivity index (χ1v) is 9.26. The molecule has 3 aromatic heterocycles. The number of pyridine rings is 1. The van der Waals surface area contributed by atoms with Crippen molar-refractivity contribution in [2.75, 3.05) is 14.2 Å². The van der Waals surface area contributed by atoms with Crippen molar-refractivity contribution in [2.45, 2.75) is 10.9 Å². The van der Waals surface area contributed by atoms with E-state index in [0.717, 1.165) is 16.9 Å². The van der Waals surface area contributed by atoms with Crippen LogP contribution in [-0.4, -0.2) is 44.8 Å². The molecule has 9 nitrogen and oxygen atoms in total. The Balaban J connectivity index is 1.70. The van der Waals surface area contributed by atoms with Gasteiger partial charge in [-0.15, -0.1) is 10.2 Å². The van der Waals surface area contributed by atoms with Gasteiger partial charge in [0.15, 0.2) is 5.76 Å². The van der Waals surface area contributed by atoms with Crippen LogP contribution in [0.5, 0.6) is 11.6 Å². The molecule has 0 aliphatic heterocycles. The zero-order chi connectivity index (χ0) is 19.3. The average molecular weight is 396 g/mol. The number of benzene rings is 1. The second-order valence-corrected chi connectivity index (χ2v) is 6.53. The summed E-state index contributed by atoms with van der Waals surface area (Å²) in [6.07, 6.45) is 1.71. The number of rotatable bonds is 7. The highest BCUT2D eigenvalue weighted by molar-refractivity contribution is 7.98. The lowest BCUT2D eigenvalue weighted by Crippen LogP contribution is -1.89. The normalized spacial score (nSPS) is 10.8. The number of aromatic nitrogens is 6. The van der Waals surface area contributed by atoms with E-state index >= 15 is 0 Å². The number of hydrogen-bond donors (Lipinski definition) is 1. The molecule has 0 amide bonds. The zero-order valence-electron chi connectivity index (χ0n) is 15.1. The number of tetrazole rings is 1. The summed E-state index contributed by atoms with van der Waals surface area (Å²) in [5, 5.41) is 14.3. The molecule has 28 heavy (non-hydrogen) atoms. The molecule has 0 aliphatic rings. The molecular formula is C18H16N6O3S. The van der Waals surface area contributed by atoms with Crippen molar-refractivity contribution in [1.29, 1.82) is 0 Å². The third-order valence-electron chi connectivity index (χ3n) is 3.89. The van der Waals surface area contributed by atoms with E-state index in [1.54, 1.807) is 26.5 Å². The minimum absolute atomic E-state index is 0.465. The smallest absolute Gasteiger partial charge is 0.231 e. The molecule has 0 fully saturated rings. The van der Waals surface area contributed by atoms with Crippen molar-refractivity contribution in [2.24, 2.45) is 0 Å². The molecule has 0 atom stereocenters. The van der Waals surface area contributed by atoms with Gasteiger partial charge in [0.05, 0.1) is 20.0 Å². The second-order valence-electron chi connectivity index (χ2n) is 5.59. The highest BCUT2D eigenvalue weighted by Crippen LogP contribution is 2.35. The van der Waals surface area contributed by atoms with Crippen LogP contribution in [0.4, 0.5) is 0 Å². The molecule has 1 N–H and O–H groups in total. The number of ether oxygens (including phenoxy) is 2. The molecule has 10 heteroatoms. The Labute approximate surface area is 164 Å². The van der Waals surface area contributed by atoms with Crippen LogP contribution in [0, 0.1) is 0 Å². The van der Waals surface area contributed by atoms with E-state index in [2.05, 4.69) is 30.6 Å². The van der Waals surface area contributed by atoms with Crippen molar-refractivity contribution in [1.82, 2.24) is 30.6 Å². The van der Waals surface area contributed by atoms with Crippen LogP contribution in [0.25, 0.3) is 22.6 Å². The summed E-state index contributed by atoms with van der Waals surface area (Å²) < 4.78 is 16.4. The van der Waals surface area contributed by atoms with Crippen molar-refractivity contribution >= 4 is 11.8 Å². The number of aromatic amines is 1. The van der Waals surface area contributed by atoms with Crippen LogP contribution >= 0.6 is 11.8 Å². The zero-order valence-corrected chi connectivity index (χ0v) is 15.9. The number of H-pyrrole nitrogens is 1. The molecule has 0 saturated carbocycles. The molecule has 3 heterocycles. The molecule has 142 valence electrons. The van der Waals surface area contributed by atoms with Crippen LogP contribution in [-0.2, 0) is 5.75 Å². The third kappa shape index (κ3) is 3.81. The maximum Gasteiger partial charge on any atom is 0.231 e. The Morgan fingerprint density at radius 1 is 1.04 bits per heavy atom. The quantitative estimate of drug-likeness (QED) is 0.470. The number of methoxy groups -OCH3 is 2. The molecule has 0 bridgehead atoms. The first-order chi connectivity index (χ1) is 13.8. The Morgan fingerprint density at radius 2 is 1.86 bits per heavy atom. The van der Waals surface area contributed by atoms with E-state index in [9.17, 15) is 0 Å². The van der Waals surface area contributed by atoms with E-state index in [1.807, 2.05) is 30.3 Å². The minimum atomic E-state index is 0.465. The maximum atomic E-state index is 6.07. The van der Waals surface area contributed by atoms with Gasteiger partial charge in [0.1, 0.15) is 11.4 Å². The van der Waals surface area contributed by atoms with E-state index in [-0.39, 0.29) is 0 Å². The fourth-order valence-corrected chi connectivity index (χ4v) is 3.12. The number of oxazole rings is 1. The number of hydrogen-bond acceptors (Lipinski definition) is 9. The molecule has 0 unspecified atom stereocenters. The summed E-state index contributed by atoms with van der Waals surface area (Å²) in [7, 11) is 3.21. The van der Waals surface area contributed by atoms with Gasteiger partial charge >= 0.3 is 0 Å². The van der Waals surface area contributed by atoms with Gasteiger partial charge in [0.25, 0.3) is 0 Å². The number of nitrogens with one attached hydrogen (secondary N) is 1. The Morgan fingerprint density at radius 3 is 2.50 bits per heavy atom. The summed E-state index contributed by atoms with van der Waals surface area (Å²) in [6.45, 7) is 0. The summed E-state index contributed by atoms with van der Waals surface area (Å²) in [6, 6.07) is 11.3. The fraction of sp³-hybridized carbons (Fsp3) is 0.167. The van der Waals surface area contributed by atoms with Gasteiger partial charge in [-0.2, -0.15) is 5.21 Å².